The van der Waals surface area contributed by atoms with Crippen molar-refractivity contribution in [2.45, 2.75) is 0 Å². The van der Waals surface area contributed by atoms with E-state index in [1.165, 1.54) is 13.2 Å². The third kappa shape index (κ3) is 3.28. The summed E-state index contributed by atoms with van der Waals surface area (Å²) >= 11 is 0. The van der Waals surface area contributed by atoms with E-state index in [1.54, 1.807) is 18.2 Å². The average Bonchev–Trinajstić information content (AvgIpc) is 2.29. The van der Waals surface area contributed by atoms with Gasteiger partial charge >= 0.3 is 0 Å². The Morgan fingerprint density at radius 1 is 1.50 bits per heavy atom. The summed E-state index contributed by atoms with van der Waals surface area (Å²) in [7, 11) is -2.22. The van der Waals surface area contributed by atoms with Crippen LogP contribution in [-0.4, -0.2) is 39.3 Å². The lowest BCUT2D eigenvalue weighted by Gasteiger charge is -2.17. The van der Waals surface area contributed by atoms with Crippen LogP contribution in [0.1, 0.15) is 0 Å². The molecule has 0 aliphatic carbocycles. The Balaban J connectivity index is 2.73. The topological polar surface area (TPSA) is 76.6 Å². The molecule has 1 aromatic rings. The molecule has 0 N–H and O–H groups in total. The number of sulfonamides is 1. The van der Waals surface area contributed by atoms with Crippen molar-refractivity contribution in [3.63, 3.8) is 0 Å². The van der Waals surface area contributed by atoms with Gasteiger partial charge in [-0.15, -0.1) is 0 Å². The molecular weight excluding hydrogens is 232 g/mol. The molecule has 0 saturated heterocycles. The van der Waals surface area contributed by atoms with Crippen molar-refractivity contribution in [3.8, 4) is 0 Å². The van der Waals surface area contributed by atoms with Crippen LogP contribution in [0.3, 0.4) is 0 Å². The van der Waals surface area contributed by atoms with Gasteiger partial charge in [-0.1, -0.05) is 6.07 Å². The number of hydrogen-bond donors (Lipinski definition) is 0. The molecule has 0 amide bonds. The van der Waals surface area contributed by atoms with E-state index < -0.39 is 16.0 Å². The molecule has 0 spiro atoms. The number of carbonyl (C=O) groups is 1. The zero-order valence-corrected chi connectivity index (χ0v) is 9.55. The van der Waals surface area contributed by atoms with E-state index in [1.807, 2.05) is 0 Å². The average molecular weight is 244 g/mol. The lowest BCUT2D eigenvalue weighted by molar-refractivity contribution is -0.111. The summed E-state index contributed by atoms with van der Waals surface area (Å²) in [6.07, 6.45) is 1.99. The molecule has 0 unspecified atom stereocenters. The van der Waals surface area contributed by atoms with Gasteiger partial charge in [0.2, 0.25) is 0 Å². The first-order chi connectivity index (χ1) is 7.58. The number of ether oxygens (including phenoxy) is 1. The second-order valence-corrected chi connectivity index (χ2v) is 4.87. The Hall–Kier alpha value is -1.47. The predicted octanol–water partition coefficient (Wildman–Crippen LogP) is 0.0206. The summed E-state index contributed by atoms with van der Waals surface area (Å²) < 4.78 is 29.0. The Kier molecular flexibility index (Phi) is 4.39. The molecule has 0 saturated carbocycles. The van der Waals surface area contributed by atoms with Crippen LogP contribution in [0.5, 0.6) is 0 Å². The van der Waals surface area contributed by atoms with Crippen LogP contribution < -0.4 is 4.31 Å². The van der Waals surface area contributed by atoms with E-state index in [0.29, 0.717) is 12.1 Å². The first kappa shape index (κ1) is 12.6. The maximum absolute atomic E-state index is 11.7. The number of aromatic nitrogens is 1. The molecule has 0 aromatic carbocycles. The van der Waals surface area contributed by atoms with Gasteiger partial charge in [0.05, 0.1) is 0 Å². The van der Waals surface area contributed by atoms with Crippen molar-refractivity contribution >= 4 is 22.1 Å². The number of hydrogen-bond acceptors (Lipinski definition) is 5. The number of aldehydes is 1. The maximum atomic E-state index is 11.7. The molecular formula is C9H12N2O4S. The third-order valence-corrected chi connectivity index (χ3v) is 3.29. The highest BCUT2D eigenvalue weighted by molar-refractivity contribution is 7.92. The van der Waals surface area contributed by atoms with E-state index in [4.69, 9.17) is 0 Å². The van der Waals surface area contributed by atoms with Gasteiger partial charge in [0.1, 0.15) is 18.7 Å². The predicted molar refractivity (Wildman–Crippen MR) is 58.4 cm³/mol. The summed E-state index contributed by atoms with van der Waals surface area (Å²) in [5, 5.41) is 0. The molecule has 1 rings (SSSR count). The highest BCUT2D eigenvalue weighted by Crippen LogP contribution is 2.11. The number of anilines is 1. The number of pyridine rings is 1. The summed E-state index contributed by atoms with van der Waals surface area (Å²) in [4.78, 5) is 13.9. The van der Waals surface area contributed by atoms with Gasteiger partial charge in [-0.3, -0.25) is 4.31 Å². The largest absolute Gasteiger partial charge is 0.356 e. The van der Waals surface area contributed by atoms with E-state index in [9.17, 15) is 13.2 Å². The van der Waals surface area contributed by atoms with Crippen molar-refractivity contribution in [2.75, 3.05) is 23.9 Å². The first-order valence-electron chi connectivity index (χ1n) is 4.47. The molecule has 0 atom stereocenters. The van der Waals surface area contributed by atoms with Gasteiger partial charge in [0.25, 0.3) is 10.0 Å². The fourth-order valence-corrected chi connectivity index (χ4v) is 1.82. The van der Waals surface area contributed by atoms with Gasteiger partial charge in [0, 0.05) is 13.2 Å². The van der Waals surface area contributed by atoms with Gasteiger partial charge in [-0.2, -0.15) is 0 Å². The molecule has 0 radical (unpaired) electrons. The van der Waals surface area contributed by atoms with Crippen LogP contribution in [0.15, 0.2) is 24.4 Å². The minimum Gasteiger partial charge on any atom is -0.356 e. The zero-order chi connectivity index (χ0) is 12.0. The normalized spacial score (nSPS) is 11.1. The number of carbonyl (C=O) groups excluding carboxylic acids is 1. The Labute approximate surface area is 93.9 Å². The molecule has 88 valence electrons. The van der Waals surface area contributed by atoms with E-state index in [0.717, 1.165) is 4.31 Å². The van der Waals surface area contributed by atoms with Crippen LogP contribution in [0.25, 0.3) is 0 Å². The molecule has 16 heavy (non-hydrogen) atoms. The lowest BCUT2D eigenvalue weighted by atomic mass is 10.5. The highest BCUT2D eigenvalue weighted by atomic mass is 32.2. The minimum absolute atomic E-state index is 0.241. The summed E-state index contributed by atoms with van der Waals surface area (Å²) in [5.74, 6) is -0.240. The van der Waals surface area contributed by atoms with Crippen LogP contribution >= 0.6 is 0 Å². The summed E-state index contributed by atoms with van der Waals surface area (Å²) in [6, 6.07) is 4.94. The smallest absolute Gasteiger partial charge is 0.260 e. The molecule has 0 aliphatic heterocycles. The highest BCUT2D eigenvalue weighted by Gasteiger charge is 2.19. The van der Waals surface area contributed by atoms with Crippen LogP contribution in [0, 0.1) is 0 Å². The molecule has 0 aliphatic rings. The summed E-state index contributed by atoms with van der Waals surface area (Å²) in [5.41, 5.74) is 0. The third-order valence-electron chi connectivity index (χ3n) is 1.81. The van der Waals surface area contributed by atoms with Gasteiger partial charge in [-0.05, 0) is 12.1 Å². The Morgan fingerprint density at radius 2 is 2.25 bits per heavy atom. The summed E-state index contributed by atoms with van der Waals surface area (Å²) in [6.45, 7) is -0.241. The van der Waals surface area contributed by atoms with Crippen molar-refractivity contribution in [2.24, 2.45) is 0 Å². The van der Waals surface area contributed by atoms with Gasteiger partial charge in [-0.25, -0.2) is 13.4 Å². The molecule has 1 heterocycles. The molecule has 0 bridgehead atoms. The number of nitrogens with zero attached hydrogens (tertiary/aromatic N) is 2. The van der Waals surface area contributed by atoms with Gasteiger partial charge in [0.15, 0.2) is 5.94 Å². The van der Waals surface area contributed by atoms with E-state index >= 15 is 0 Å². The standard InChI is InChI=1S/C9H12N2O4S/c1-11(9-4-2-3-5-10-9)16(13,14)8-15-7-6-12/h2-6H,7-8H2,1H3. The fourth-order valence-electron chi connectivity index (χ4n) is 0.963. The van der Waals surface area contributed by atoms with Gasteiger partial charge < -0.3 is 9.53 Å². The van der Waals surface area contributed by atoms with Crippen LogP contribution in [0.4, 0.5) is 5.82 Å². The fraction of sp³-hybridized carbons (Fsp3) is 0.333. The molecule has 0 fully saturated rings. The molecule has 1 aromatic heterocycles. The Bertz CT molecular complexity index is 432. The van der Waals surface area contributed by atoms with Crippen LogP contribution in [-0.2, 0) is 19.6 Å². The van der Waals surface area contributed by atoms with E-state index in [2.05, 4.69) is 9.72 Å². The maximum Gasteiger partial charge on any atom is 0.260 e. The molecule has 6 nitrogen and oxygen atoms in total. The Morgan fingerprint density at radius 3 is 2.81 bits per heavy atom. The molecule has 7 heteroatoms. The van der Waals surface area contributed by atoms with E-state index in [-0.39, 0.29) is 6.61 Å². The first-order valence-corrected chi connectivity index (χ1v) is 6.08. The van der Waals surface area contributed by atoms with Crippen molar-refractivity contribution in [1.82, 2.24) is 4.98 Å². The SMILES string of the molecule is CN(c1ccccn1)S(=O)(=O)COCC=O. The number of rotatable bonds is 6. The van der Waals surface area contributed by atoms with Crippen molar-refractivity contribution in [1.29, 1.82) is 0 Å². The van der Waals surface area contributed by atoms with Crippen molar-refractivity contribution in [3.05, 3.63) is 24.4 Å². The minimum atomic E-state index is -3.60. The van der Waals surface area contributed by atoms with Crippen LogP contribution in [0.2, 0.25) is 0 Å². The second kappa shape index (κ2) is 5.57. The second-order valence-electron chi connectivity index (χ2n) is 2.92. The zero-order valence-electron chi connectivity index (χ0n) is 8.74. The monoisotopic (exact) mass is 244 g/mol. The van der Waals surface area contributed by atoms with Crippen molar-refractivity contribution < 1.29 is 17.9 Å². The lowest BCUT2D eigenvalue weighted by Crippen LogP contribution is -2.30. The quantitative estimate of drug-likeness (QED) is 0.521.